The SMILES string of the molecule is CC(O)C1CC(N(C)C)CO1. The maximum Gasteiger partial charge on any atom is 0.0847 e. The van der Waals surface area contributed by atoms with Crippen molar-refractivity contribution in [1.29, 1.82) is 0 Å². The molecule has 3 unspecified atom stereocenters. The Morgan fingerprint density at radius 3 is 2.45 bits per heavy atom. The average molecular weight is 159 g/mol. The maximum atomic E-state index is 9.21. The van der Waals surface area contributed by atoms with Crippen LogP contribution in [0.2, 0.25) is 0 Å². The molecule has 66 valence electrons. The standard InChI is InChI=1S/C8H17NO2/c1-6(10)8-4-7(5-11-8)9(2)3/h6-8,10H,4-5H2,1-3H3. The van der Waals surface area contributed by atoms with Gasteiger partial charge in [0.2, 0.25) is 0 Å². The molecule has 1 aliphatic rings. The summed E-state index contributed by atoms with van der Waals surface area (Å²) in [6.07, 6.45) is 0.660. The van der Waals surface area contributed by atoms with Crippen LogP contribution in [0.3, 0.4) is 0 Å². The molecule has 11 heavy (non-hydrogen) atoms. The van der Waals surface area contributed by atoms with Crippen LogP contribution in [0.4, 0.5) is 0 Å². The molecule has 0 amide bonds. The zero-order chi connectivity index (χ0) is 8.43. The minimum atomic E-state index is -0.333. The Morgan fingerprint density at radius 1 is 1.55 bits per heavy atom. The quantitative estimate of drug-likeness (QED) is 0.619. The lowest BCUT2D eigenvalue weighted by atomic mass is 10.1. The summed E-state index contributed by atoms with van der Waals surface area (Å²) in [5.41, 5.74) is 0. The van der Waals surface area contributed by atoms with E-state index in [2.05, 4.69) is 4.90 Å². The van der Waals surface area contributed by atoms with Gasteiger partial charge < -0.3 is 14.7 Å². The lowest BCUT2D eigenvalue weighted by Crippen LogP contribution is -2.29. The summed E-state index contributed by atoms with van der Waals surface area (Å²) < 4.78 is 5.40. The molecule has 1 heterocycles. The van der Waals surface area contributed by atoms with Crippen molar-refractivity contribution in [2.75, 3.05) is 20.7 Å². The number of likely N-dealkylation sites (N-methyl/N-ethyl adjacent to an activating group) is 1. The Balaban J connectivity index is 2.35. The van der Waals surface area contributed by atoms with E-state index in [9.17, 15) is 5.11 Å². The predicted molar refractivity (Wildman–Crippen MR) is 43.5 cm³/mol. The lowest BCUT2D eigenvalue weighted by molar-refractivity contribution is 0.00750. The number of aliphatic hydroxyl groups excluding tert-OH is 1. The Labute approximate surface area is 68.0 Å². The van der Waals surface area contributed by atoms with Crippen LogP contribution in [0, 0.1) is 0 Å². The number of hydrogen-bond acceptors (Lipinski definition) is 3. The molecule has 3 atom stereocenters. The highest BCUT2D eigenvalue weighted by atomic mass is 16.5. The first-order chi connectivity index (χ1) is 5.11. The van der Waals surface area contributed by atoms with E-state index >= 15 is 0 Å². The first kappa shape index (κ1) is 8.97. The van der Waals surface area contributed by atoms with Crippen LogP contribution in [0.1, 0.15) is 13.3 Å². The molecule has 1 saturated heterocycles. The third kappa shape index (κ3) is 2.15. The number of ether oxygens (including phenoxy) is 1. The smallest absolute Gasteiger partial charge is 0.0847 e. The first-order valence-electron chi connectivity index (χ1n) is 4.07. The van der Waals surface area contributed by atoms with Gasteiger partial charge in [0.05, 0.1) is 18.8 Å². The van der Waals surface area contributed by atoms with Crippen molar-refractivity contribution in [1.82, 2.24) is 4.90 Å². The molecule has 0 aromatic carbocycles. The molecule has 3 nitrogen and oxygen atoms in total. The molecule has 0 spiro atoms. The Morgan fingerprint density at radius 2 is 2.18 bits per heavy atom. The van der Waals surface area contributed by atoms with E-state index < -0.39 is 0 Å². The summed E-state index contributed by atoms with van der Waals surface area (Å²) >= 11 is 0. The average Bonchev–Trinajstić information content (AvgIpc) is 2.33. The van der Waals surface area contributed by atoms with Crippen LogP contribution >= 0.6 is 0 Å². The van der Waals surface area contributed by atoms with Gasteiger partial charge in [-0.3, -0.25) is 0 Å². The van der Waals surface area contributed by atoms with Crippen molar-refractivity contribution in [3.05, 3.63) is 0 Å². The largest absolute Gasteiger partial charge is 0.391 e. The van der Waals surface area contributed by atoms with Gasteiger partial charge in [0, 0.05) is 6.04 Å². The van der Waals surface area contributed by atoms with E-state index in [-0.39, 0.29) is 12.2 Å². The van der Waals surface area contributed by atoms with E-state index in [0.717, 1.165) is 13.0 Å². The van der Waals surface area contributed by atoms with Gasteiger partial charge in [0.1, 0.15) is 0 Å². The first-order valence-corrected chi connectivity index (χ1v) is 4.07. The molecule has 0 aromatic heterocycles. The number of hydrogen-bond donors (Lipinski definition) is 1. The Bertz CT molecular complexity index is 111. The van der Waals surface area contributed by atoms with E-state index in [4.69, 9.17) is 4.74 Å². The van der Waals surface area contributed by atoms with Gasteiger partial charge in [0.25, 0.3) is 0 Å². The summed E-state index contributed by atoms with van der Waals surface area (Å²) in [5.74, 6) is 0. The van der Waals surface area contributed by atoms with Crippen molar-refractivity contribution >= 4 is 0 Å². The van der Waals surface area contributed by atoms with Crippen molar-refractivity contribution in [2.24, 2.45) is 0 Å². The van der Waals surface area contributed by atoms with Gasteiger partial charge >= 0.3 is 0 Å². The summed E-state index contributed by atoms with van der Waals surface area (Å²) in [6.45, 7) is 2.53. The topological polar surface area (TPSA) is 32.7 Å². The predicted octanol–water partition coefficient (Wildman–Crippen LogP) is 0.0863. The van der Waals surface area contributed by atoms with Crippen LogP contribution < -0.4 is 0 Å². The second-order valence-electron chi connectivity index (χ2n) is 3.47. The third-order valence-corrected chi connectivity index (χ3v) is 2.28. The zero-order valence-corrected chi connectivity index (χ0v) is 7.45. The number of rotatable bonds is 2. The number of nitrogens with zero attached hydrogens (tertiary/aromatic N) is 1. The second kappa shape index (κ2) is 3.52. The highest BCUT2D eigenvalue weighted by molar-refractivity contribution is 4.81. The van der Waals surface area contributed by atoms with Crippen LogP contribution in [0.5, 0.6) is 0 Å². The van der Waals surface area contributed by atoms with Gasteiger partial charge in [-0.2, -0.15) is 0 Å². The summed E-state index contributed by atoms with van der Waals surface area (Å²) in [6, 6.07) is 0.481. The number of aliphatic hydroxyl groups is 1. The molecule has 0 radical (unpaired) electrons. The highest BCUT2D eigenvalue weighted by Crippen LogP contribution is 2.18. The fourth-order valence-corrected chi connectivity index (χ4v) is 1.34. The molecule has 1 rings (SSSR count). The van der Waals surface area contributed by atoms with Gasteiger partial charge in [-0.05, 0) is 27.4 Å². The van der Waals surface area contributed by atoms with Gasteiger partial charge in [-0.25, -0.2) is 0 Å². The van der Waals surface area contributed by atoms with Crippen LogP contribution in [0.15, 0.2) is 0 Å². The molecule has 0 bridgehead atoms. The van der Waals surface area contributed by atoms with Crippen molar-refractivity contribution in [3.63, 3.8) is 0 Å². The molecule has 1 N–H and O–H groups in total. The van der Waals surface area contributed by atoms with E-state index in [0.29, 0.717) is 6.04 Å². The summed E-state index contributed by atoms with van der Waals surface area (Å²) in [7, 11) is 4.08. The normalized spacial score (nSPS) is 34.6. The second-order valence-corrected chi connectivity index (χ2v) is 3.47. The van der Waals surface area contributed by atoms with Crippen molar-refractivity contribution in [2.45, 2.75) is 31.6 Å². The van der Waals surface area contributed by atoms with Gasteiger partial charge in [0.15, 0.2) is 0 Å². The molecule has 0 aromatic rings. The van der Waals surface area contributed by atoms with E-state index in [1.807, 2.05) is 14.1 Å². The highest BCUT2D eigenvalue weighted by Gasteiger charge is 2.29. The van der Waals surface area contributed by atoms with Crippen LogP contribution in [0.25, 0.3) is 0 Å². The Kier molecular flexibility index (Phi) is 2.87. The fourth-order valence-electron chi connectivity index (χ4n) is 1.34. The zero-order valence-electron chi connectivity index (χ0n) is 7.45. The minimum Gasteiger partial charge on any atom is -0.391 e. The molecule has 1 fully saturated rings. The fraction of sp³-hybridized carbons (Fsp3) is 1.00. The maximum absolute atomic E-state index is 9.21. The summed E-state index contributed by atoms with van der Waals surface area (Å²) in [5, 5.41) is 9.21. The van der Waals surface area contributed by atoms with Crippen molar-refractivity contribution < 1.29 is 9.84 Å². The minimum absolute atomic E-state index is 0.0439. The summed E-state index contributed by atoms with van der Waals surface area (Å²) in [4.78, 5) is 2.14. The molecular weight excluding hydrogens is 142 g/mol. The monoisotopic (exact) mass is 159 g/mol. The third-order valence-electron chi connectivity index (χ3n) is 2.28. The van der Waals surface area contributed by atoms with Gasteiger partial charge in [-0.15, -0.1) is 0 Å². The van der Waals surface area contributed by atoms with Crippen LogP contribution in [-0.2, 0) is 4.74 Å². The molecule has 1 aliphatic heterocycles. The molecule has 0 saturated carbocycles. The molecule has 0 aliphatic carbocycles. The van der Waals surface area contributed by atoms with E-state index in [1.54, 1.807) is 6.92 Å². The van der Waals surface area contributed by atoms with Gasteiger partial charge in [-0.1, -0.05) is 0 Å². The molecule has 3 heteroatoms. The van der Waals surface area contributed by atoms with Crippen LogP contribution in [-0.4, -0.2) is 49.0 Å². The van der Waals surface area contributed by atoms with E-state index in [1.165, 1.54) is 0 Å². The Hall–Kier alpha value is -0.120. The lowest BCUT2D eigenvalue weighted by Gasteiger charge is -2.17. The molecular formula is C8H17NO2. The van der Waals surface area contributed by atoms with Crippen molar-refractivity contribution in [3.8, 4) is 0 Å².